The van der Waals surface area contributed by atoms with Crippen LogP contribution < -0.4 is 10.5 Å². The molecule has 16 heavy (non-hydrogen) atoms. The van der Waals surface area contributed by atoms with Gasteiger partial charge in [0.15, 0.2) is 0 Å². The Balaban J connectivity index is 3.27. The van der Waals surface area contributed by atoms with Crippen molar-refractivity contribution in [3.8, 4) is 5.75 Å². The van der Waals surface area contributed by atoms with E-state index >= 15 is 0 Å². The van der Waals surface area contributed by atoms with Gasteiger partial charge < -0.3 is 10.5 Å². The highest BCUT2D eigenvalue weighted by Gasteiger charge is 2.39. The van der Waals surface area contributed by atoms with Crippen molar-refractivity contribution < 1.29 is 17.9 Å². The highest BCUT2D eigenvalue weighted by molar-refractivity contribution is 5.43. The fraction of sp³-hybridized carbons (Fsp3) is 0.455. The third kappa shape index (κ3) is 2.47. The second kappa shape index (κ2) is 4.33. The third-order valence-electron chi connectivity index (χ3n) is 2.53. The van der Waals surface area contributed by atoms with Gasteiger partial charge in [0.1, 0.15) is 11.8 Å². The molecular weight excluding hydrogens is 219 g/mol. The van der Waals surface area contributed by atoms with Crippen LogP contribution in [0.1, 0.15) is 22.7 Å². The Hall–Kier alpha value is -1.23. The van der Waals surface area contributed by atoms with Gasteiger partial charge in [0.05, 0.1) is 7.11 Å². The van der Waals surface area contributed by atoms with Gasteiger partial charge in [-0.2, -0.15) is 13.2 Å². The first-order chi connectivity index (χ1) is 7.27. The molecule has 0 radical (unpaired) electrons. The molecule has 0 aliphatic carbocycles. The molecule has 1 atom stereocenters. The standard InChI is InChI=1S/C11H14F3NO/c1-6-4-8(10(15)11(12,13)14)9(16-3)5-7(6)2/h4-5,10H,15H2,1-3H3. The molecule has 90 valence electrons. The molecule has 0 saturated carbocycles. The Morgan fingerprint density at radius 2 is 1.69 bits per heavy atom. The van der Waals surface area contributed by atoms with Gasteiger partial charge in [-0.15, -0.1) is 0 Å². The summed E-state index contributed by atoms with van der Waals surface area (Å²) in [6.45, 7) is 3.54. The minimum absolute atomic E-state index is 0.0295. The molecule has 1 unspecified atom stereocenters. The summed E-state index contributed by atoms with van der Waals surface area (Å²) in [5, 5.41) is 0. The predicted molar refractivity (Wildman–Crippen MR) is 55.5 cm³/mol. The molecule has 0 bridgehead atoms. The lowest BCUT2D eigenvalue weighted by molar-refractivity contribution is -0.149. The maximum absolute atomic E-state index is 12.5. The number of alkyl halides is 3. The van der Waals surface area contributed by atoms with E-state index in [9.17, 15) is 13.2 Å². The van der Waals surface area contributed by atoms with Gasteiger partial charge >= 0.3 is 6.18 Å². The molecule has 1 aromatic rings. The number of ether oxygens (including phenoxy) is 1. The summed E-state index contributed by atoms with van der Waals surface area (Å²) in [7, 11) is 1.33. The molecule has 0 aromatic heterocycles. The van der Waals surface area contributed by atoms with Crippen molar-refractivity contribution in [1.29, 1.82) is 0 Å². The molecule has 0 fully saturated rings. The van der Waals surface area contributed by atoms with E-state index in [2.05, 4.69) is 0 Å². The molecule has 1 aromatic carbocycles. The summed E-state index contributed by atoms with van der Waals surface area (Å²) in [5.74, 6) is 0.174. The van der Waals surface area contributed by atoms with Crippen LogP contribution in [0.2, 0.25) is 0 Å². The zero-order chi connectivity index (χ0) is 12.5. The van der Waals surface area contributed by atoms with Crippen molar-refractivity contribution in [2.75, 3.05) is 7.11 Å². The van der Waals surface area contributed by atoms with Gasteiger partial charge in [-0.3, -0.25) is 0 Å². The van der Waals surface area contributed by atoms with Crippen LogP contribution in [0.3, 0.4) is 0 Å². The van der Waals surface area contributed by atoms with Crippen molar-refractivity contribution >= 4 is 0 Å². The van der Waals surface area contributed by atoms with Gasteiger partial charge in [0.2, 0.25) is 0 Å². The SMILES string of the molecule is COc1cc(C)c(C)cc1C(N)C(F)(F)F. The fourth-order valence-corrected chi connectivity index (χ4v) is 1.41. The number of hydrogen-bond donors (Lipinski definition) is 1. The molecule has 2 nitrogen and oxygen atoms in total. The van der Waals surface area contributed by atoms with Crippen LogP contribution in [-0.2, 0) is 0 Å². The average molecular weight is 233 g/mol. The molecule has 0 spiro atoms. The van der Waals surface area contributed by atoms with Crippen LogP contribution in [0.4, 0.5) is 13.2 Å². The molecular formula is C11H14F3NO. The number of aryl methyl sites for hydroxylation is 2. The Morgan fingerprint density at radius 1 is 1.19 bits per heavy atom. The number of nitrogens with two attached hydrogens (primary N) is 1. The highest BCUT2D eigenvalue weighted by Crippen LogP contribution is 2.36. The smallest absolute Gasteiger partial charge is 0.407 e. The molecule has 0 saturated heterocycles. The van der Waals surface area contributed by atoms with Crippen LogP contribution >= 0.6 is 0 Å². The topological polar surface area (TPSA) is 35.2 Å². The van der Waals surface area contributed by atoms with E-state index in [1.54, 1.807) is 19.9 Å². The zero-order valence-electron chi connectivity index (χ0n) is 9.35. The first-order valence-electron chi connectivity index (χ1n) is 4.74. The summed E-state index contributed by atoms with van der Waals surface area (Å²) < 4.78 is 42.4. The van der Waals surface area contributed by atoms with E-state index in [0.29, 0.717) is 0 Å². The molecule has 0 aliphatic heterocycles. The van der Waals surface area contributed by atoms with Crippen molar-refractivity contribution in [3.63, 3.8) is 0 Å². The van der Waals surface area contributed by atoms with Gasteiger partial charge in [-0.05, 0) is 31.0 Å². The van der Waals surface area contributed by atoms with E-state index in [4.69, 9.17) is 10.5 Å². The van der Waals surface area contributed by atoms with Gasteiger partial charge in [0, 0.05) is 5.56 Å². The highest BCUT2D eigenvalue weighted by atomic mass is 19.4. The first-order valence-corrected chi connectivity index (χ1v) is 4.74. The third-order valence-corrected chi connectivity index (χ3v) is 2.53. The lowest BCUT2D eigenvalue weighted by Crippen LogP contribution is -2.29. The Kier molecular flexibility index (Phi) is 3.48. The number of halogens is 3. The Morgan fingerprint density at radius 3 is 2.12 bits per heavy atom. The van der Waals surface area contributed by atoms with Gasteiger partial charge in [0.25, 0.3) is 0 Å². The predicted octanol–water partition coefficient (Wildman–Crippen LogP) is 2.87. The van der Waals surface area contributed by atoms with E-state index in [1.165, 1.54) is 13.2 Å². The number of methoxy groups -OCH3 is 1. The summed E-state index contributed by atoms with van der Waals surface area (Å²) >= 11 is 0. The van der Waals surface area contributed by atoms with Gasteiger partial charge in [-0.1, -0.05) is 6.07 Å². The van der Waals surface area contributed by atoms with Crippen LogP contribution in [0.5, 0.6) is 5.75 Å². The first kappa shape index (κ1) is 12.8. The minimum atomic E-state index is -4.46. The van der Waals surface area contributed by atoms with Crippen LogP contribution in [0.25, 0.3) is 0 Å². The molecule has 0 amide bonds. The fourth-order valence-electron chi connectivity index (χ4n) is 1.41. The minimum Gasteiger partial charge on any atom is -0.496 e. The van der Waals surface area contributed by atoms with E-state index in [1.807, 2.05) is 0 Å². The maximum atomic E-state index is 12.5. The van der Waals surface area contributed by atoms with Crippen molar-refractivity contribution in [2.24, 2.45) is 5.73 Å². The van der Waals surface area contributed by atoms with Crippen LogP contribution in [0.15, 0.2) is 12.1 Å². The van der Waals surface area contributed by atoms with E-state index in [-0.39, 0.29) is 11.3 Å². The van der Waals surface area contributed by atoms with Crippen LogP contribution in [-0.4, -0.2) is 13.3 Å². The van der Waals surface area contributed by atoms with E-state index < -0.39 is 12.2 Å². The number of rotatable bonds is 2. The molecule has 2 N–H and O–H groups in total. The molecule has 0 aliphatic rings. The second-order valence-electron chi connectivity index (χ2n) is 3.70. The average Bonchev–Trinajstić information content (AvgIpc) is 2.19. The van der Waals surface area contributed by atoms with Crippen molar-refractivity contribution in [3.05, 3.63) is 28.8 Å². The van der Waals surface area contributed by atoms with Crippen LogP contribution in [0, 0.1) is 13.8 Å². The molecule has 1 rings (SSSR count). The van der Waals surface area contributed by atoms with Crippen molar-refractivity contribution in [1.82, 2.24) is 0 Å². The van der Waals surface area contributed by atoms with Crippen molar-refractivity contribution in [2.45, 2.75) is 26.1 Å². The summed E-state index contributed by atoms with van der Waals surface area (Å²) in [6, 6.07) is 0.976. The zero-order valence-corrected chi connectivity index (χ0v) is 9.35. The van der Waals surface area contributed by atoms with E-state index in [0.717, 1.165) is 11.1 Å². The summed E-state index contributed by atoms with van der Waals surface area (Å²) in [5.41, 5.74) is 6.76. The monoisotopic (exact) mass is 233 g/mol. The second-order valence-corrected chi connectivity index (χ2v) is 3.70. The van der Waals surface area contributed by atoms with Gasteiger partial charge in [-0.25, -0.2) is 0 Å². The molecule has 0 heterocycles. The summed E-state index contributed by atoms with van der Waals surface area (Å²) in [4.78, 5) is 0. The maximum Gasteiger partial charge on any atom is 0.407 e. The largest absolute Gasteiger partial charge is 0.496 e. The lowest BCUT2D eigenvalue weighted by atomic mass is 10.00. The Bertz CT molecular complexity index is 388. The summed E-state index contributed by atoms with van der Waals surface area (Å²) in [6.07, 6.45) is -4.46. The normalized spacial score (nSPS) is 13.7. The molecule has 5 heteroatoms. The number of benzene rings is 1. The lowest BCUT2D eigenvalue weighted by Gasteiger charge is -2.19. The Labute approximate surface area is 92.2 Å². The quantitative estimate of drug-likeness (QED) is 0.852. The number of hydrogen-bond acceptors (Lipinski definition) is 2.